The molecule has 35 heavy (non-hydrogen) atoms. The number of aryl methyl sites for hydroxylation is 2. The van der Waals surface area contributed by atoms with Gasteiger partial charge in [-0.15, -0.1) is 0 Å². The zero-order valence-electron chi connectivity index (χ0n) is 20.1. The van der Waals surface area contributed by atoms with Crippen LogP contribution in [0.4, 0.5) is 0 Å². The van der Waals surface area contributed by atoms with Gasteiger partial charge in [0.2, 0.25) is 0 Å². The number of ether oxygens (including phenoxy) is 2. The summed E-state index contributed by atoms with van der Waals surface area (Å²) in [6.07, 6.45) is 0. The first-order valence-electron chi connectivity index (χ1n) is 11.7. The average Bonchev–Trinajstić information content (AvgIpc) is 2.83. The number of fused-ring (bicyclic) bond motifs is 2. The Labute approximate surface area is 204 Å². The highest BCUT2D eigenvalue weighted by atomic mass is 16.5. The van der Waals surface area contributed by atoms with Crippen LogP contribution in [0.5, 0.6) is 17.2 Å². The van der Waals surface area contributed by atoms with Crippen molar-refractivity contribution in [1.29, 1.82) is 0 Å². The van der Waals surface area contributed by atoms with E-state index in [0.29, 0.717) is 44.2 Å². The second kappa shape index (κ2) is 11.1. The molecule has 0 atom stereocenters. The minimum absolute atomic E-state index is 0.168. The summed E-state index contributed by atoms with van der Waals surface area (Å²) in [5.74, 6) is 0.596. The first-order chi connectivity index (χ1) is 16.9. The van der Waals surface area contributed by atoms with E-state index in [1.165, 1.54) is 0 Å². The van der Waals surface area contributed by atoms with E-state index >= 15 is 0 Å². The van der Waals surface area contributed by atoms with Crippen molar-refractivity contribution in [1.82, 2.24) is 15.5 Å². The molecule has 0 aliphatic carbocycles. The molecule has 0 saturated carbocycles. The zero-order valence-corrected chi connectivity index (χ0v) is 20.1. The first-order valence-corrected chi connectivity index (χ1v) is 11.7. The molecule has 8 nitrogen and oxygen atoms in total. The number of carbonyl (C=O) groups is 2. The summed E-state index contributed by atoms with van der Waals surface area (Å²) < 4.78 is 11.5. The third-order valence-electron chi connectivity index (χ3n) is 5.95. The van der Waals surface area contributed by atoms with E-state index in [4.69, 9.17) is 9.47 Å². The number of carbonyl (C=O) groups excluding carboxylic acids is 2. The number of hydrogen-bond donors (Lipinski definition) is 3. The number of nitrogens with zero attached hydrogens (tertiary/aromatic N) is 1. The van der Waals surface area contributed by atoms with Crippen LogP contribution in [0.15, 0.2) is 48.5 Å². The van der Waals surface area contributed by atoms with E-state index in [9.17, 15) is 14.7 Å². The Kier molecular flexibility index (Phi) is 7.72. The van der Waals surface area contributed by atoms with Crippen molar-refractivity contribution < 1.29 is 24.2 Å². The second-order valence-corrected chi connectivity index (χ2v) is 8.79. The van der Waals surface area contributed by atoms with Crippen molar-refractivity contribution >= 4 is 22.6 Å². The molecule has 0 fully saturated rings. The van der Waals surface area contributed by atoms with Crippen molar-refractivity contribution in [3.05, 3.63) is 65.2 Å². The van der Waals surface area contributed by atoms with Gasteiger partial charge in [0.05, 0.1) is 0 Å². The van der Waals surface area contributed by atoms with Crippen LogP contribution in [0.2, 0.25) is 0 Å². The molecule has 3 aromatic carbocycles. The third kappa shape index (κ3) is 6.42. The number of amides is 2. The van der Waals surface area contributed by atoms with Crippen LogP contribution in [-0.2, 0) is 16.1 Å². The van der Waals surface area contributed by atoms with Crippen LogP contribution >= 0.6 is 0 Å². The van der Waals surface area contributed by atoms with Crippen LogP contribution in [0.25, 0.3) is 10.8 Å². The minimum atomic E-state index is -0.248. The molecular weight excluding hydrogens is 446 g/mol. The standard InChI is InChI=1S/C27H31N3O5/c1-18-11-19(2)27(33)22(12-18)15-30-9-7-28-25(31)16-34-23-13-20-5-3-4-6-21(20)14-24(23)35-17-26(32)29-8-10-30/h3-6,11-14,33H,7-10,15-17H2,1-2H3,(H,28,31)(H,29,32). The van der Waals surface area contributed by atoms with Crippen molar-refractivity contribution in [3.63, 3.8) is 0 Å². The average molecular weight is 478 g/mol. The molecule has 8 heteroatoms. The van der Waals surface area contributed by atoms with Gasteiger partial charge < -0.3 is 25.2 Å². The lowest BCUT2D eigenvalue weighted by molar-refractivity contribution is -0.124. The van der Waals surface area contributed by atoms with Gasteiger partial charge in [-0.25, -0.2) is 0 Å². The number of nitrogens with one attached hydrogen (secondary N) is 2. The van der Waals surface area contributed by atoms with Gasteiger partial charge in [0.25, 0.3) is 11.8 Å². The lowest BCUT2D eigenvalue weighted by atomic mass is 10.1. The van der Waals surface area contributed by atoms with Crippen molar-refractivity contribution in [2.45, 2.75) is 20.4 Å². The summed E-state index contributed by atoms with van der Waals surface area (Å²) >= 11 is 0. The highest BCUT2D eigenvalue weighted by molar-refractivity contribution is 5.86. The van der Waals surface area contributed by atoms with Gasteiger partial charge in [-0.2, -0.15) is 0 Å². The van der Waals surface area contributed by atoms with Crippen LogP contribution < -0.4 is 20.1 Å². The van der Waals surface area contributed by atoms with Crippen LogP contribution in [-0.4, -0.2) is 61.2 Å². The lowest BCUT2D eigenvalue weighted by Crippen LogP contribution is -2.40. The predicted molar refractivity (Wildman–Crippen MR) is 134 cm³/mol. The molecule has 3 N–H and O–H groups in total. The van der Waals surface area contributed by atoms with Gasteiger partial charge in [-0.3, -0.25) is 14.5 Å². The van der Waals surface area contributed by atoms with Gasteiger partial charge in [-0.1, -0.05) is 42.0 Å². The molecule has 184 valence electrons. The van der Waals surface area contributed by atoms with Crippen LogP contribution in [0.3, 0.4) is 0 Å². The van der Waals surface area contributed by atoms with Crippen molar-refractivity contribution in [2.24, 2.45) is 0 Å². The Balaban J connectivity index is 1.48. The largest absolute Gasteiger partial charge is 0.507 e. The molecule has 1 heterocycles. The van der Waals surface area contributed by atoms with Gasteiger partial charge in [0.1, 0.15) is 5.75 Å². The molecule has 4 rings (SSSR count). The molecule has 1 aliphatic heterocycles. The van der Waals surface area contributed by atoms with E-state index in [1.54, 1.807) is 0 Å². The highest BCUT2D eigenvalue weighted by Crippen LogP contribution is 2.32. The summed E-state index contributed by atoms with van der Waals surface area (Å²) in [4.78, 5) is 27.0. The molecule has 0 bridgehead atoms. The van der Waals surface area contributed by atoms with E-state index in [2.05, 4.69) is 15.5 Å². The topological polar surface area (TPSA) is 100 Å². The SMILES string of the molecule is Cc1cc(C)c(O)c(CN2CCNC(=O)COc3cc4ccccc4cc3OCC(=O)NCC2)c1. The summed E-state index contributed by atoms with van der Waals surface area (Å²) in [6.45, 7) is 5.92. The quantitative estimate of drug-likeness (QED) is 0.525. The molecule has 1 aliphatic rings. The second-order valence-electron chi connectivity index (χ2n) is 8.79. The zero-order chi connectivity index (χ0) is 24.8. The van der Waals surface area contributed by atoms with Gasteiger partial charge in [-0.05, 0) is 42.3 Å². The molecule has 0 saturated heterocycles. The number of benzene rings is 3. The third-order valence-corrected chi connectivity index (χ3v) is 5.95. The fourth-order valence-electron chi connectivity index (χ4n) is 4.20. The minimum Gasteiger partial charge on any atom is -0.507 e. The van der Waals surface area contributed by atoms with E-state index in [1.807, 2.05) is 62.4 Å². The number of aromatic hydroxyl groups is 1. The summed E-state index contributed by atoms with van der Waals surface area (Å²) in [5, 5.41) is 18.2. The van der Waals surface area contributed by atoms with Crippen molar-refractivity contribution in [2.75, 3.05) is 39.4 Å². The summed E-state index contributed by atoms with van der Waals surface area (Å²) in [7, 11) is 0. The van der Waals surface area contributed by atoms with Crippen LogP contribution in [0, 0.1) is 13.8 Å². The number of phenols is 1. The smallest absolute Gasteiger partial charge is 0.257 e. The molecule has 3 aromatic rings. The molecule has 0 radical (unpaired) electrons. The molecule has 0 spiro atoms. The predicted octanol–water partition coefficient (Wildman–Crippen LogP) is 2.67. The Hall–Kier alpha value is -3.78. The maximum absolute atomic E-state index is 12.5. The molecule has 0 unspecified atom stereocenters. The molecule has 0 aromatic heterocycles. The Morgan fingerprint density at radius 1 is 0.857 bits per heavy atom. The highest BCUT2D eigenvalue weighted by Gasteiger charge is 2.15. The Bertz CT molecular complexity index is 1160. The van der Waals surface area contributed by atoms with E-state index < -0.39 is 0 Å². The van der Waals surface area contributed by atoms with Gasteiger partial charge in [0, 0.05) is 38.3 Å². The Morgan fingerprint density at radius 2 is 1.40 bits per heavy atom. The molecule has 2 amide bonds. The fourth-order valence-corrected chi connectivity index (χ4v) is 4.20. The maximum atomic E-state index is 12.5. The summed E-state index contributed by atoms with van der Waals surface area (Å²) in [6, 6.07) is 15.3. The van der Waals surface area contributed by atoms with E-state index in [0.717, 1.165) is 27.5 Å². The van der Waals surface area contributed by atoms with Gasteiger partial charge in [0.15, 0.2) is 24.7 Å². The molecular formula is C27H31N3O5. The van der Waals surface area contributed by atoms with Gasteiger partial charge >= 0.3 is 0 Å². The maximum Gasteiger partial charge on any atom is 0.257 e. The number of phenolic OH excluding ortho intramolecular Hbond substituents is 1. The fraction of sp³-hybridized carbons (Fsp3) is 0.333. The number of rotatable bonds is 2. The lowest BCUT2D eigenvalue weighted by Gasteiger charge is -2.24. The summed E-state index contributed by atoms with van der Waals surface area (Å²) in [5.41, 5.74) is 2.70. The first kappa shape index (κ1) is 24.3. The monoisotopic (exact) mass is 477 g/mol. The number of hydrogen-bond acceptors (Lipinski definition) is 6. The van der Waals surface area contributed by atoms with E-state index in [-0.39, 0.29) is 30.8 Å². The van der Waals surface area contributed by atoms with Crippen molar-refractivity contribution in [3.8, 4) is 17.2 Å². The van der Waals surface area contributed by atoms with Crippen LogP contribution in [0.1, 0.15) is 16.7 Å². The Morgan fingerprint density at radius 3 is 1.94 bits per heavy atom. The normalized spacial score (nSPS) is 16.2.